The number of aliphatic carboxylic acids is 1. The third-order valence-corrected chi connectivity index (χ3v) is 2.56. The molecule has 2 N–H and O–H groups in total. The Morgan fingerprint density at radius 2 is 1.95 bits per heavy atom. The molecule has 20 heavy (non-hydrogen) atoms. The number of hydrogen-bond acceptors (Lipinski definition) is 3. The Hall–Kier alpha value is -2.11. The molecule has 0 spiro atoms. The fourth-order valence-corrected chi connectivity index (χ4v) is 1.53. The van der Waals surface area contributed by atoms with Gasteiger partial charge < -0.3 is 15.2 Å². The zero-order valence-electron chi connectivity index (χ0n) is 11.1. The summed E-state index contributed by atoms with van der Waals surface area (Å²) in [6.45, 7) is 0.535. The number of carbonyl (C=O) groups excluding carboxylic acids is 1. The summed E-state index contributed by atoms with van der Waals surface area (Å²) in [5, 5.41) is 11.1. The van der Waals surface area contributed by atoms with Crippen LogP contribution in [0.5, 0.6) is 5.75 Å². The smallest absolute Gasteiger partial charge is 0.303 e. The van der Waals surface area contributed by atoms with Crippen LogP contribution < -0.4 is 10.1 Å². The van der Waals surface area contributed by atoms with Crippen LogP contribution in [0.25, 0.3) is 0 Å². The van der Waals surface area contributed by atoms with Gasteiger partial charge in [-0.05, 0) is 25.0 Å². The van der Waals surface area contributed by atoms with Crippen molar-refractivity contribution in [2.45, 2.75) is 25.7 Å². The van der Waals surface area contributed by atoms with Gasteiger partial charge in [-0.15, -0.1) is 0 Å². The van der Waals surface area contributed by atoms with Crippen molar-refractivity contribution in [1.29, 1.82) is 0 Å². The minimum Gasteiger partial charge on any atom is -0.490 e. The Balaban J connectivity index is 2.09. The van der Waals surface area contributed by atoms with Gasteiger partial charge >= 0.3 is 5.97 Å². The zero-order valence-corrected chi connectivity index (χ0v) is 11.1. The lowest BCUT2D eigenvalue weighted by molar-refractivity contribution is -0.137. The van der Waals surface area contributed by atoms with Gasteiger partial charge in [-0.2, -0.15) is 0 Å². The summed E-state index contributed by atoms with van der Waals surface area (Å²) in [6, 6.07) is 6.00. The minimum atomic E-state index is -0.838. The molecule has 6 heteroatoms. The summed E-state index contributed by atoms with van der Waals surface area (Å²) < 4.78 is 18.3. The molecule has 1 amide bonds. The molecule has 0 radical (unpaired) electrons. The van der Waals surface area contributed by atoms with Crippen LogP contribution in [0.3, 0.4) is 0 Å². The second-order valence-electron chi connectivity index (χ2n) is 4.23. The number of para-hydroxylation sites is 1. The predicted octanol–water partition coefficient (Wildman–Crippen LogP) is 1.97. The summed E-state index contributed by atoms with van der Waals surface area (Å²) in [7, 11) is 0. The third kappa shape index (κ3) is 6.72. The van der Waals surface area contributed by atoms with Gasteiger partial charge in [-0.1, -0.05) is 12.1 Å². The van der Waals surface area contributed by atoms with E-state index < -0.39 is 11.8 Å². The number of hydrogen-bond donors (Lipinski definition) is 2. The lowest BCUT2D eigenvalue weighted by atomic mass is 10.2. The number of carboxylic acids is 1. The fraction of sp³-hybridized carbons (Fsp3) is 0.429. The molecule has 0 unspecified atom stereocenters. The second kappa shape index (κ2) is 8.90. The van der Waals surface area contributed by atoms with E-state index in [1.54, 1.807) is 12.1 Å². The Morgan fingerprint density at radius 1 is 1.20 bits per heavy atom. The first-order valence-electron chi connectivity index (χ1n) is 6.45. The van der Waals surface area contributed by atoms with Gasteiger partial charge in [0.2, 0.25) is 5.91 Å². The maximum atomic E-state index is 13.2. The minimum absolute atomic E-state index is 0.0991. The fourth-order valence-electron chi connectivity index (χ4n) is 1.53. The van der Waals surface area contributed by atoms with E-state index in [2.05, 4.69) is 5.32 Å². The van der Waals surface area contributed by atoms with E-state index in [0.29, 0.717) is 19.4 Å². The van der Waals surface area contributed by atoms with Crippen LogP contribution in [0.1, 0.15) is 25.7 Å². The Labute approximate surface area is 116 Å². The number of nitrogens with one attached hydrogen (secondary N) is 1. The number of carbonyl (C=O) groups is 2. The number of unbranched alkanes of at least 4 members (excludes halogenated alkanes) is 1. The van der Waals surface area contributed by atoms with E-state index in [9.17, 15) is 14.0 Å². The van der Waals surface area contributed by atoms with E-state index in [1.165, 1.54) is 12.1 Å². The van der Waals surface area contributed by atoms with Crippen molar-refractivity contribution < 1.29 is 23.8 Å². The quantitative estimate of drug-likeness (QED) is 0.679. The molecule has 1 aromatic rings. The van der Waals surface area contributed by atoms with Gasteiger partial charge in [0.15, 0.2) is 11.6 Å². The molecule has 0 saturated carbocycles. The van der Waals surface area contributed by atoms with Crippen molar-refractivity contribution in [3.63, 3.8) is 0 Å². The summed E-state index contributed by atoms with van der Waals surface area (Å²) in [4.78, 5) is 21.7. The van der Waals surface area contributed by atoms with E-state index >= 15 is 0 Å². The van der Waals surface area contributed by atoms with Crippen molar-refractivity contribution in [1.82, 2.24) is 5.32 Å². The van der Waals surface area contributed by atoms with Crippen LogP contribution in [0.15, 0.2) is 24.3 Å². The Kier molecular flexibility index (Phi) is 7.10. The van der Waals surface area contributed by atoms with Crippen LogP contribution >= 0.6 is 0 Å². The SMILES string of the molecule is O=C(O)CCCCNC(=O)CCOc1ccccc1F. The lowest BCUT2D eigenvalue weighted by Crippen LogP contribution is -2.26. The second-order valence-corrected chi connectivity index (χ2v) is 4.23. The van der Waals surface area contributed by atoms with Crippen molar-refractivity contribution >= 4 is 11.9 Å². The Bertz CT molecular complexity index is 451. The first-order chi connectivity index (χ1) is 9.59. The molecule has 0 saturated heterocycles. The molecule has 0 aliphatic rings. The maximum absolute atomic E-state index is 13.2. The van der Waals surface area contributed by atoms with Crippen molar-refractivity contribution in [3.8, 4) is 5.75 Å². The van der Waals surface area contributed by atoms with Crippen LogP contribution in [0.2, 0.25) is 0 Å². The van der Waals surface area contributed by atoms with Gasteiger partial charge in [-0.3, -0.25) is 9.59 Å². The molecular weight excluding hydrogens is 265 g/mol. The molecule has 110 valence electrons. The molecule has 5 nitrogen and oxygen atoms in total. The Morgan fingerprint density at radius 3 is 2.65 bits per heavy atom. The summed E-state index contributed by atoms with van der Waals surface area (Å²) >= 11 is 0. The average molecular weight is 283 g/mol. The summed E-state index contributed by atoms with van der Waals surface area (Å²) in [5.74, 6) is -1.37. The molecule has 1 rings (SSSR count). The highest BCUT2D eigenvalue weighted by Crippen LogP contribution is 2.15. The summed E-state index contributed by atoms with van der Waals surface area (Å²) in [6.07, 6.45) is 1.38. The van der Waals surface area contributed by atoms with Crippen LogP contribution in [-0.2, 0) is 9.59 Å². The zero-order chi connectivity index (χ0) is 14.8. The van der Waals surface area contributed by atoms with Gasteiger partial charge in [0.25, 0.3) is 0 Å². The van der Waals surface area contributed by atoms with Crippen molar-refractivity contribution in [2.75, 3.05) is 13.2 Å². The first kappa shape index (κ1) is 15.9. The molecular formula is C14H18FNO4. The van der Waals surface area contributed by atoms with E-state index in [0.717, 1.165) is 0 Å². The highest BCUT2D eigenvalue weighted by atomic mass is 19.1. The van der Waals surface area contributed by atoms with Crippen LogP contribution in [0.4, 0.5) is 4.39 Å². The lowest BCUT2D eigenvalue weighted by Gasteiger charge is -2.07. The molecule has 0 aromatic heterocycles. The van der Waals surface area contributed by atoms with Gasteiger partial charge in [0, 0.05) is 13.0 Å². The molecule has 0 aliphatic heterocycles. The molecule has 0 atom stereocenters. The predicted molar refractivity (Wildman–Crippen MR) is 71.0 cm³/mol. The van der Waals surface area contributed by atoms with Crippen LogP contribution in [-0.4, -0.2) is 30.1 Å². The number of halogens is 1. The standard InChI is InChI=1S/C14H18FNO4/c15-11-5-1-2-6-12(11)20-10-8-13(17)16-9-4-3-7-14(18)19/h1-2,5-6H,3-4,7-10H2,(H,16,17)(H,18,19). The van der Waals surface area contributed by atoms with Gasteiger partial charge in [-0.25, -0.2) is 4.39 Å². The molecule has 1 aromatic carbocycles. The monoisotopic (exact) mass is 283 g/mol. The largest absolute Gasteiger partial charge is 0.490 e. The first-order valence-corrected chi connectivity index (χ1v) is 6.45. The summed E-state index contributed by atoms with van der Waals surface area (Å²) in [5.41, 5.74) is 0. The van der Waals surface area contributed by atoms with Crippen molar-refractivity contribution in [3.05, 3.63) is 30.1 Å². The number of rotatable bonds is 9. The topological polar surface area (TPSA) is 75.6 Å². The highest BCUT2D eigenvalue weighted by Gasteiger charge is 2.04. The van der Waals surface area contributed by atoms with Crippen LogP contribution in [0, 0.1) is 5.82 Å². The number of benzene rings is 1. The van der Waals surface area contributed by atoms with Gasteiger partial charge in [0.1, 0.15) is 0 Å². The average Bonchev–Trinajstić information content (AvgIpc) is 2.40. The molecule has 0 fully saturated rings. The molecule has 0 bridgehead atoms. The highest BCUT2D eigenvalue weighted by molar-refractivity contribution is 5.75. The van der Waals surface area contributed by atoms with E-state index in [-0.39, 0.29) is 31.1 Å². The normalized spacial score (nSPS) is 10.1. The third-order valence-electron chi connectivity index (χ3n) is 2.56. The maximum Gasteiger partial charge on any atom is 0.303 e. The molecule has 0 aliphatic carbocycles. The number of ether oxygens (including phenoxy) is 1. The van der Waals surface area contributed by atoms with E-state index in [1.807, 2.05) is 0 Å². The van der Waals surface area contributed by atoms with E-state index in [4.69, 9.17) is 9.84 Å². The molecule has 0 heterocycles. The van der Waals surface area contributed by atoms with Crippen molar-refractivity contribution in [2.24, 2.45) is 0 Å². The number of amides is 1. The van der Waals surface area contributed by atoms with Gasteiger partial charge in [0.05, 0.1) is 13.0 Å². The number of carboxylic acid groups (broad SMARTS) is 1.